The molecule has 0 rings (SSSR count). The lowest BCUT2D eigenvalue weighted by Gasteiger charge is -2.34. The Morgan fingerprint density at radius 3 is 1.43 bits per heavy atom. The van der Waals surface area contributed by atoms with Gasteiger partial charge in [0.15, 0.2) is 6.10 Å². The molecule has 0 aromatic carbocycles. The predicted molar refractivity (Wildman–Crippen MR) is 263 cm³/mol. The number of carboxylic acid groups (broad SMARTS) is 1. The van der Waals surface area contributed by atoms with Gasteiger partial charge < -0.3 is 28.6 Å². The van der Waals surface area contributed by atoms with E-state index in [0.717, 1.165) is 77.0 Å². The van der Waals surface area contributed by atoms with Gasteiger partial charge in [-0.15, -0.1) is 0 Å². The molecular formula is C55H97NO7. The van der Waals surface area contributed by atoms with Crippen molar-refractivity contribution in [3.05, 3.63) is 60.8 Å². The van der Waals surface area contributed by atoms with Gasteiger partial charge in [0.1, 0.15) is 12.6 Å². The summed E-state index contributed by atoms with van der Waals surface area (Å²) >= 11 is 0. The lowest BCUT2D eigenvalue weighted by Crippen LogP contribution is -2.55. The first-order valence-corrected chi connectivity index (χ1v) is 25.8. The number of allylic oxidation sites excluding steroid dienone is 10. The van der Waals surface area contributed by atoms with E-state index in [0.29, 0.717) is 12.8 Å². The molecule has 0 saturated carbocycles. The second kappa shape index (κ2) is 45.6. The van der Waals surface area contributed by atoms with Crippen LogP contribution in [0.5, 0.6) is 0 Å². The van der Waals surface area contributed by atoms with E-state index >= 15 is 0 Å². The molecule has 0 fully saturated rings. The molecule has 0 radical (unpaired) electrons. The van der Waals surface area contributed by atoms with Gasteiger partial charge >= 0.3 is 11.9 Å². The van der Waals surface area contributed by atoms with Crippen LogP contribution in [0.2, 0.25) is 0 Å². The Morgan fingerprint density at radius 1 is 0.508 bits per heavy atom. The molecule has 8 nitrogen and oxygen atoms in total. The van der Waals surface area contributed by atoms with Crippen molar-refractivity contribution in [2.24, 2.45) is 0 Å². The Bertz CT molecular complexity index is 1210. The number of likely N-dealkylation sites (N-methyl/N-ethyl adjacent to an activating group) is 1. The Kier molecular flexibility index (Phi) is 43.4. The second-order valence-corrected chi connectivity index (χ2v) is 18.4. The van der Waals surface area contributed by atoms with E-state index in [1.807, 2.05) is 0 Å². The summed E-state index contributed by atoms with van der Waals surface area (Å²) in [5, 5.41) is 11.7. The fourth-order valence-electron chi connectivity index (χ4n) is 7.46. The van der Waals surface area contributed by atoms with Crippen molar-refractivity contribution in [1.29, 1.82) is 0 Å². The van der Waals surface area contributed by atoms with E-state index in [1.165, 1.54) is 109 Å². The van der Waals surface area contributed by atoms with E-state index in [-0.39, 0.29) is 42.7 Å². The van der Waals surface area contributed by atoms with Crippen molar-refractivity contribution in [3.63, 3.8) is 0 Å². The fourth-order valence-corrected chi connectivity index (χ4v) is 7.46. The largest absolute Gasteiger partial charge is 0.544 e. The highest BCUT2D eigenvalue weighted by Crippen LogP contribution is 2.15. The molecule has 0 heterocycles. The monoisotopic (exact) mass is 884 g/mol. The molecule has 0 amide bonds. The van der Waals surface area contributed by atoms with Gasteiger partial charge in [-0.2, -0.15) is 0 Å². The molecule has 2 atom stereocenters. The first kappa shape index (κ1) is 60.0. The summed E-state index contributed by atoms with van der Waals surface area (Å²) in [5.41, 5.74) is 0. The van der Waals surface area contributed by atoms with Crippen LogP contribution < -0.4 is 5.11 Å². The molecule has 0 N–H and O–H groups in total. The number of esters is 2. The zero-order chi connectivity index (χ0) is 46.3. The summed E-state index contributed by atoms with van der Waals surface area (Å²) in [4.78, 5) is 37.0. The van der Waals surface area contributed by atoms with Crippen molar-refractivity contribution < 1.29 is 38.2 Å². The van der Waals surface area contributed by atoms with E-state index in [2.05, 4.69) is 74.6 Å². The number of carbonyl (C=O) groups excluding carboxylic acids is 3. The normalized spacial score (nSPS) is 13.3. The third-order valence-corrected chi connectivity index (χ3v) is 11.4. The van der Waals surface area contributed by atoms with Crippen LogP contribution in [0, 0.1) is 0 Å². The topological polar surface area (TPSA) is 102 Å². The van der Waals surface area contributed by atoms with Gasteiger partial charge in [-0.05, 0) is 64.2 Å². The molecule has 0 saturated heterocycles. The summed E-state index contributed by atoms with van der Waals surface area (Å²) in [6, 6.07) is -0.731. The van der Waals surface area contributed by atoms with E-state index in [9.17, 15) is 19.5 Å². The molecule has 0 spiro atoms. The third kappa shape index (κ3) is 44.0. The summed E-state index contributed by atoms with van der Waals surface area (Å²) in [6.07, 6.45) is 56.8. The number of nitrogens with zero attached hydrogens (tertiary/aromatic N) is 1. The van der Waals surface area contributed by atoms with Crippen LogP contribution >= 0.6 is 0 Å². The van der Waals surface area contributed by atoms with Crippen LogP contribution in [-0.4, -0.2) is 75.5 Å². The molecule has 0 aliphatic rings. The fraction of sp³-hybridized carbons (Fsp3) is 0.764. The third-order valence-electron chi connectivity index (χ3n) is 11.4. The van der Waals surface area contributed by atoms with Crippen LogP contribution in [0.3, 0.4) is 0 Å². The molecule has 0 aromatic rings. The van der Waals surface area contributed by atoms with Gasteiger partial charge in [0, 0.05) is 19.3 Å². The minimum atomic E-state index is -1.13. The lowest BCUT2D eigenvalue weighted by atomic mass is 10.0. The molecule has 0 aliphatic heterocycles. The highest BCUT2D eigenvalue weighted by atomic mass is 16.6. The van der Waals surface area contributed by atoms with Gasteiger partial charge in [-0.1, -0.05) is 197 Å². The van der Waals surface area contributed by atoms with Crippen LogP contribution in [0.1, 0.15) is 219 Å². The minimum Gasteiger partial charge on any atom is -0.544 e. The lowest BCUT2D eigenvalue weighted by molar-refractivity contribution is -0.889. The predicted octanol–water partition coefficient (Wildman–Crippen LogP) is 13.6. The number of hydrogen-bond acceptors (Lipinski definition) is 7. The molecule has 0 aliphatic carbocycles. The maximum Gasteiger partial charge on any atom is 0.306 e. The molecule has 2 unspecified atom stereocenters. The van der Waals surface area contributed by atoms with Crippen LogP contribution in [0.25, 0.3) is 0 Å². The van der Waals surface area contributed by atoms with Crippen molar-refractivity contribution in [2.75, 3.05) is 41.0 Å². The van der Waals surface area contributed by atoms with Gasteiger partial charge in [-0.25, -0.2) is 0 Å². The van der Waals surface area contributed by atoms with Gasteiger partial charge in [-0.3, -0.25) is 9.59 Å². The number of aliphatic carboxylic acids is 1. The second-order valence-electron chi connectivity index (χ2n) is 18.4. The smallest absolute Gasteiger partial charge is 0.306 e. The quantitative estimate of drug-likeness (QED) is 0.0197. The van der Waals surface area contributed by atoms with E-state index < -0.39 is 18.1 Å². The number of rotatable bonds is 46. The number of hydrogen-bond donors (Lipinski definition) is 0. The highest BCUT2D eigenvalue weighted by Gasteiger charge is 2.25. The number of quaternary nitrogens is 1. The average molecular weight is 884 g/mol. The molecule has 63 heavy (non-hydrogen) atoms. The van der Waals surface area contributed by atoms with Crippen molar-refractivity contribution >= 4 is 17.9 Å². The molecule has 364 valence electrons. The van der Waals surface area contributed by atoms with Gasteiger partial charge in [0.05, 0.1) is 40.3 Å². The van der Waals surface area contributed by atoms with Gasteiger partial charge in [0.25, 0.3) is 0 Å². The van der Waals surface area contributed by atoms with Crippen LogP contribution in [0.4, 0.5) is 0 Å². The zero-order valence-corrected chi connectivity index (χ0v) is 41.5. The van der Waals surface area contributed by atoms with Crippen molar-refractivity contribution in [1.82, 2.24) is 0 Å². The first-order valence-electron chi connectivity index (χ1n) is 25.8. The Labute approximate surface area is 388 Å². The number of carbonyl (C=O) groups is 3. The average Bonchev–Trinajstić information content (AvgIpc) is 3.24. The van der Waals surface area contributed by atoms with E-state index in [1.54, 1.807) is 21.1 Å². The maximum atomic E-state index is 12.8. The van der Waals surface area contributed by atoms with Crippen molar-refractivity contribution in [3.8, 4) is 0 Å². The van der Waals surface area contributed by atoms with Crippen LogP contribution in [0.15, 0.2) is 60.8 Å². The SMILES string of the molecule is CC/C=C/C/C=C/CCCCCCCCCCCCCCCCC(=O)OC(COCCC(C(=O)[O-])[N+](C)(C)C)COC(=O)CCCCCCC/C=C/C=C/C=C/CCCCCCC. The Balaban J connectivity index is 4.27. The van der Waals surface area contributed by atoms with E-state index in [4.69, 9.17) is 14.2 Å². The highest BCUT2D eigenvalue weighted by molar-refractivity contribution is 5.70. The summed E-state index contributed by atoms with van der Waals surface area (Å²) < 4.78 is 17.2. The summed E-state index contributed by atoms with van der Waals surface area (Å²) in [6.45, 7) is 4.54. The number of unbranched alkanes of at least 4 members (excludes halogenated alkanes) is 24. The van der Waals surface area contributed by atoms with Crippen molar-refractivity contribution in [2.45, 2.75) is 231 Å². The first-order chi connectivity index (χ1) is 30.6. The summed E-state index contributed by atoms with van der Waals surface area (Å²) in [7, 11) is 5.41. The Morgan fingerprint density at radius 2 is 0.952 bits per heavy atom. The standard InChI is InChI=1S/C55H97NO7/c1-6-8-10-12-14-16-18-20-22-24-26-27-28-30-32-34-36-38-40-42-44-46-54(58)63-51(49-61-48-47-52(55(59)60)56(3,4)5)50-62-53(57)45-43-41-39-37-35-33-31-29-25-23-21-19-17-15-13-11-9-7-2/h8,10,14,16,19,21,23,25,29,31,51-52H,6-7,9,11-13,15,17-18,20,22,24,26-28,30,32-50H2,1-5H3/b10-8+,16-14+,21-19+,25-23+,31-29+. The number of ether oxygens (including phenoxy) is 3. The van der Waals surface area contributed by atoms with Crippen LogP contribution in [-0.2, 0) is 28.6 Å². The minimum absolute atomic E-state index is 0.0332. The summed E-state index contributed by atoms with van der Waals surface area (Å²) in [5.74, 6) is -1.76. The van der Waals surface area contributed by atoms with Gasteiger partial charge in [0.2, 0.25) is 0 Å². The molecule has 8 heteroatoms. The Hall–Kier alpha value is -2.97. The zero-order valence-electron chi connectivity index (χ0n) is 41.5. The maximum absolute atomic E-state index is 12.8. The molecule has 0 aromatic heterocycles. The molecular weight excluding hydrogens is 787 g/mol. The number of carboxylic acids is 1. The molecule has 0 bridgehead atoms.